The zero-order valence-electron chi connectivity index (χ0n) is 19.4. The highest BCUT2D eigenvalue weighted by Gasteiger charge is 2.24. The first-order valence-electron chi connectivity index (χ1n) is 11.7. The summed E-state index contributed by atoms with van der Waals surface area (Å²) < 4.78 is 12.4. The van der Waals surface area contributed by atoms with E-state index in [1.54, 1.807) is 32.0 Å². The third-order valence-corrected chi connectivity index (χ3v) is 5.91. The minimum Gasteiger partial charge on any atom is -0.490 e. The number of hydrogen-bond acceptors (Lipinski definition) is 7. The second-order valence-corrected chi connectivity index (χ2v) is 8.17. The van der Waals surface area contributed by atoms with Crippen molar-refractivity contribution in [2.45, 2.75) is 51.9 Å². The number of para-hydroxylation sites is 1. The third-order valence-electron chi connectivity index (χ3n) is 5.91. The average Bonchev–Trinajstić information content (AvgIpc) is 2.85. The third kappa shape index (κ3) is 4.78. The van der Waals surface area contributed by atoms with Gasteiger partial charge in [-0.3, -0.25) is 14.9 Å². The Morgan fingerprint density at radius 1 is 1.15 bits per heavy atom. The molecule has 4 rings (SSSR count). The van der Waals surface area contributed by atoms with Gasteiger partial charge in [-0.15, -0.1) is 0 Å². The maximum Gasteiger partial charge on any atom is 0.315 e. The van der Waals surface area contributed by atoms with E-state index in [9.17, 15) is 14.9 Å². The Morgan fingerprint density at radius 3 is 2.59 bits per heavy atom. The molecule has 0 aliphatic heterocycles. The van der Waals surface area contributed by atoms with Crippen LogP contribution in [0.25, 0.3) is 10.9 Å². The summed E-state index contributed by atoms with van der Waals surface area (Å²) in [6, 6.07) is 10.2. The lowest BCUT2D eigenvalue weighted by Gasteiger charge is -2.22. The molecule has 1 aliphatic rings. The summed E-state index contributed by atoms with van der Waals surface area (Å²) in [6.07, 6.45) is 6.68. The van der Waals surface area contributed by atoms with Crippen LogP contribution in [0.15, 0.2) is 46.3 Å². The summed E-state index contributed by atoms with van der Waals surface area (Å²) in [5.74, 6) is 1.11. The van der Waals surface area contributed by atoms with Crippen LogP contribution in [0.4, 0.5) is 5.69 Å². The van der Waals surface area contributed by atoms with Gasteiger partial charge < -0.3 is 9.47 Å². The Hall–Kier alpha value is -3.75. The number of fused-ring (bicyclic) bond motifs is 1. The number of nitrogens with zero attached hydrogens (tertiary/aromatic N) is 4. The number of aromatic nitrogens is 2. The van der Waals surface area contributed by atoms with Gasteiger partial charge >= 0.3 is 5.69 Å². The van der Waals surface area contributed by atoms with Crippen LogP contribution >= 0.6 is 0 Å². The molecule has 1 saturated carbocycles. The fraction of sp³-hybridized carbons (Fsp3) is 0.400. The van der Waals surface area contributed by atoms with Gasteiger partial charge in [0, 0.05) is 17.5 Å². The zero-order valence-corrected chi connectivity index (χ0v) is 19.4. The minimum absolute atomic E-state index is 0.0823. The van der Waals surface area contributed by atoms with E-state index in [0.29, 0.717) is 28.9 Å². The molecule has 3 aromatic rings. The standard InChI is InChI=1S/C25H28N4O5/c1-3-33-22-15-17(14-21(29(31)32)23(22)34-4-2)16-26-28-24(18-10-6-5-7-11-18)27-20-13-9-8-12-19(20)25(28)30/h8-9,12-16,18H,3-7,10-11H2,1-2H3. The molecule has 178 valence electrons. The molecule has 0 spiro atoms. The SMILES string of the molecule is CCOc1cc(C=Nn2c(C3CCCCC3)nc3ccccc3c2=O)cc([N+](=O)[O-])c1OCC. The normalized spacial score (nSPS) is 14.5. The highest BCUT2D eigenvalue weighted by molar-refractivity contribution is 5.83. The van der Waals surface area contributed by atoms with Crippen molar-refractivity contribution in [3.8, 4) is 11.5 Å². The quantitative estimate of drug-likeness (QED) is 0.263. The summed E-state index contributed by atoms with van der Waals surface area (Å²) in [7, 11) is 0. The van der Waals surface area contributed by atoms with Crippen LogP contribution in [0.5, 0.6) is 11.5 Å². The first-order valence-corrected chi connectivity index (χ1v) is 11.7. The molecule has 9 nitrogen and oxygen atoms in total. The summed E-state index contributed by atoms with van der Waals surface area (Å²) >= 11 is 0. The van der Waals surface area contributed by atoms with Gasteiger partial charge in [-0.2, -0.15) is 9.78 Å². The molecule has 0 radical (unpaired) electrons. The molecule has 1 fully saturated rings. The van der Waals surface area contributed by atoms with E-state index in [4.69, 9.17) is 14.5 Å². The molecular weight excluding hydrogens is 436 g/mol. The van der Waals surface area contributed by atoms with E-state index < -0.39 is 4.92 Å². The lowest BCUT2D eigenvalue weighted by Crippen LogP contribution is -2.25. The van der Waals surface area contributed by atoms with Crippen LogP contribution in [0, 0.1) is 10.1 Å². The number of benzene rings is 2. The second kappa shape index (κ2) is 10.5. The van der Waals surface area contributed by atoms with Gasteiger partial charge in [0.15, 0.2) is 5.75 Å². The van der Waals surface area contributed by atoms with Crippen LogP contribution in [-0.2, 0) is 0 Å². The number of rotatable bonds is 8. The van der Waals surface area contributed by atoms with Crippen molar-refractivity contribution in [3.63, 3.8) is 0 Å². The van der Waals surface area contributed by atoms with E-state index in [0.717, 1.165) is 25.7 Å². The molecule has 0 unspecified atom stereocenters. The van der Waals surface area contributed by atoms with Gasteiger partial charge in [0.2, 0.25) is 5.75 Å². The molecule has 0 bridgehead atoms. The Balaban J connectivity index is 1.84. The van der Waals surface area contributed by atoms with Gasteiger partial charge in [0.1, 0.15) is 5.82 Å². The molecular formula is C25H28N4O5. The summed E-state index contributed by atoms with van der Waals surface area (Å²) in [4.78, 5) is 29.3. The number of nitro groups is 1. The largest absolute Gasteiger partial charge is 0.490 e. The minimum atomic E-state index is -0.512. The molecule has 1 heterocycles. The van der Waals surface area contributed by atoms with Crippen LogP contribution < -0.4 is 15.0 Å². The molecule has 0 amide bonds. The monoisotopic (exact) mass is 464 g/mol. The van der Waals surface area contributed by atoms with Crippen molar-refractivity contribution in [3.05, 3.63) is 68.3 Å². The lowest BCUT2D eigenvalue weighted by atomic mass is 9.88. The molecule has 34 heavy (non-hydrogen) atoms. The highest BCUT2D eigenvalue weighted by Crippen LogP contribution is 2.38. The first kappa shape index (κ1) is 23.4. The smallest absolute Gasteiger partial charge is 0.315 e. The number of hydrogen-bond donors (Lipinski definition) is 0. The number of nitro benzene ring substituents is 1. The summed E-state index contributed by atoms with van der Waals surface area (Å²) in [5, 5.41) is 16.7. The molecule has 9 heteroatoms. The Morgan fingerprint density at radius 2 is 1.88 bits per heavy atom. The van der Waals surface area contributed by atoms with Crippen LogP contribution in [-0.4, -0.2) is 34.0 Å². The van der Waals surface area contributed by atoms with Crippen molar-refractivity contribution < 1.29 is 14.4 Å². The predicted molar refractivity (Wildman–Crippen MR) is 130 cm³/mol. The van der Waals surface area contributed by atoms with E-state index in [1.165, 1.54) is 23.4 Å². The van der Waals surface area contributed by atoms with Gasteiger partial charge in [0.25, 0.3) is 5.56 Å². The van der Waals surface area contributed by atoms with Crippen LogP contribution in [0.1, 0.15) is 63.3 Å². The topological polar surface area (TPSA) is 109 Å². The van der Waals surface area contributed by atoms with E-state index in [1.807, 2.05) is 12.1 Å². The predicted octanol–water partition coefficient (Wildman–Crippen LogP) is 5.03. The molecule has 0 saturated heterocycles. The van der Waals surface area contributed by atoms with Gasteiger partial charge in [-0.05, 0) is 44.9 Å². The van der Waals surface area contributed by atoms with E-state index in [2.05, 4.69) is 5.10 Å². The van der Waals surface area contributed by atoms with Crippen molar-refractivity contribution in [2.75, 3.05) is 13.2 Å². The Kier molecular flexibility index (Phi) is 7.20. The first-order chi connectivity index (χ1) is 16.5. The van der Waals surface area contributed by atoms with Gasteiger partial charge in [-0.25, -0.2) is 4.98 Å². The fourth-order valence-corrected chi connectivity index (χ4v) is 4.37. The maximum atomic E-state index is 13.4. The molecule has 2 aromatic carbocycles. The fourth-order valence-electron chi connectivity index (χ4n) is 4.37. The lowest BCUT2D eigenvalue weighted by molar-refractivity contribution is -0.385. The van der Waals surface area contributed by atoms with Crippen molar-refractivity contribution in [1.29, 1.82) is 0 Å². The zero-order chi connectivity index (χ0) is 24.1. The van der Waals surface area contributed by atoms with Crippen molar-refractivity contribution in [1.82, 2.24) is 9.66 Å². The number of ether oxygens (including phenoxy) is 2. The van der Waals surface area contributed by atoms with Crippen molar-refractivity contribution >= 4 is 22.8 Å². The van der Waals surface area contributed by atoms with Crippen LogP contribution in [0.3, 0.4) is 0 Å². The Labute approximate surface area is 197 Å². The van der Waals surface area contributed by atoms with Gasteiger partial charge in [-0.1, -0.05) is 31.4 Å². The molecule has 1 aliphatic carbocycles. The van der Waals surface area contributed by atoms with Crippen molar-refractivity contribution in [2.24, 2.45) is 5.10 Å². The molecule has 1 aromatic heterocycles. The molecule has 0 atom stereocenters. The summed E-state index contributed by atoms with van der Waals surface area (Å²) in [5.41, 5.74) is 0.599. The average molecular weight is 465 g/mol. The summed E-state index contributed by atoms with van der Waals surface area (Å²) in [6.45, 7) is 4.12. The molecule has 0 N–H and O–H groups in total. The second-order valence-electron chi connectivity index (χ2n) is 8.17. The maximum absolute atomic E-state index is 13.4. The van der Waals surface area contributed by atoms with Gasteiger partial charge in [0.05, 0.1) is 35.3 Å². The van der Waals surface area contributed by atoms with E-state index >= 15 is 0 Å². The Bertz CT molecular complexity index is 1280. The van der Waals surface area contributed by atoms with Crippen LogP contribution in [0.2, 0.25) is 0 Å². The van der Waals surface area contributed by atoms with E-state index in [-0.39, 0.29) is 35.3 Å². The highest BCUT2D eigenvalue weighted by atomic mass is 16.6.